The van der Waals surface area contributed by atoms with Crippen molar-refractivity contribution in [2.75, 3.05) is 36.4 Å². The van der Waals surface area contributed by atoms with Gasteiger partial charge >= 0.3 is 0 Å². The zero-order valence-corrected chi connectivity index (χ0v) is 24.7. The summed E-state index contributed by atoms with van der Waals surface area (Å²) in [6.07, 6.45) is 0.230. The molecule has 1 heterocycles. The third-order valence-electron chi connectivity index (χ3n) is 6.71. The van der Waals surface area contributed by atoms with Crippen molar-refractivity contribution >= 4 is 39.1 Å². The number of nitrogens with one attached hydrogen (secondary N) is 1. The number of halogens is 1. The Bertz CT molecular complexity index is 1470. The van der Waals surface area contributed by atoms with E-state index in [-0.39, 0.29) is 30.3 Å². The van der Waals surface area contributed by atoms with Crippen molar-refractivity contribution < 1.29 is 27.5 Å². The number of nitrogens with zero attached hydrogens (tertiary/aromatic N) is 2. The molecule has 0 unspecified atom stereocenters. The van der Waals surface area contributed by atoms with Gasteiger partial charge in [-0.05, 0) is 43.2 Å². The Morgan fingerprint density at radius 3 is 2.32 bits per heavy atom. The maximum absolute atomic E-state index is 14.2. The first-order valence-corrected chi connectivity index (χ1v) is 15.5. The number of likely N-dealkylation sites (N-methyl/N-ethyl adjacent to an activating group) is 1. The number of anilines is 1. The number of ether oxygens (including phenoxy) is 2. The van der Waals surface area contributed by atoms with Crippen molar-refractivity contribution in [2.45, 2.75) is 32.9 Å². The van der Waals surface area contributed by atoms with Crippen LogP contribution in [0.4, 0.5) is 5.69 Å². The number of fused-ring (bicyclic) bond motifs is 1. The Hall–Kier alpha value is -3.76. The number of amides is 2. The number of carbonyl (C=O) groups excluding carboxylic acids is 2. The summed E-state index contributed by atoms with van der Waals surface area (Å²) in [5, 5.41) is 3.27. The molecule has 1 aliphatic heterocycles. The highest BCUT2D eigenvalue weighted by Crippen LogP contribution is 2.35. The van der Waals surface area contributed by atoms with Gasteiger partial charge < -0.3 is 19.7 Å². The van der Waals surface area contributed by atoms with E-state index in [4.69, 9.17) is 21.1 Å². The molecule has 2 amide bonds. The topological polar surface area (TPSA) is 105 Å². The van der Waals surface area contributed by atoms with Gasteiger partial charge in [-0.3, -0.25) is 13.9 Å². The molecule has 218 valence electrons. The van der Waals surface area contributed by atoms with Gasteiger partial charge in [0, 0.05) is 30.6 Å². The molecular weight excluding hydrogens is 566 g/mol. The van der Waals surface area contributed by atoms with Crippen LogP contribution in [0.1, 0.15) is 25.0 Å². The van der Waals surface area contributed by atoms with Crippen LogP contribution in [-0.4, -0.2) is 63.2 Å². The van der Waals surface area contributed by atoms with Crippen LogP contribution in [-0.2, 0) is 32.6 Å². The summed E-state index contributed by atoms with van der Waals surface area (Å²) in [6, 6.07) is 20.3. The summed E-state index contributed by atoms with van der Waals surface area (Å²) in [5.74, 6) is -0.234. The van der Waals surface area contributed by atoms with E-state index in [1.54, 1.807) is 49.4 Å². The molecule has 3 aromatic rings. The maximum Gasteiger partial charge on any atom is 0.244 e. The van der Waals surface area contributed by atoms with Gasteiger partial charge in [0.25, 0.3) is 0 Å². The fourth-order valence-electron chi connectivity index (χ4n) is 4.56. The molecule has 11 heteroatoms. The monoisotopic (exact) mass is 599 g/mol. The Balaban J connectivity index is 1.74. The van der Waals surface area contributed by atoms with Crippen LogP contribution in [0.3, 0.4) is 0 Å². The summed E-state index contributed by atoms with van der Waals surface area (Å²) < 4.78 is 38.9. The standard InChI is InChI=1S/C30H34ClN3O6S/c1-3-32-30(36)26(18-22-10-6-5-7-11-22)33(20-23-12-8-9-13-25(23)31)29(35)21-34(41(37,38)4-2)24-14-15-27-28(19-24)40-17-16-39-27/h5-15,19,26H,3-4,16-18,20-21H2,1-2H3,(H,32,36)/t26-/m1/s1. The molecule has 3 aromatic carbocycles. The van der Waals surface area contributed by atoms with Gasteiger partial charge in [-0.25, -0.2) is 8.42 Å². The minimum atomic E-state index is -3.90. The molecule has 0 saturated heterocycles. The predicted molar refractivity (Wildman–Crippen MR) is 159 cm³/mol. The van der Waals surface area contributed by atoms with Crippen LogP contribution in [0, 0.1) is 0 Å². The lowest BCUT2D eigenvalue weighted by Crippen LogP contribution is -2.53. The Morgan fingerprint density at radius 1 is 0.951 bits per heavy atom. The molecular formula is C30H34ClN3O6S. The van der Waals surface area contributed by atoms with Gasteiger partial charge in [0.1, 0.15) is 25.8 Å². The minimum Gasteiger partial charge on any atom is -0.486 e. The third kappa shape index (κ3) is 7.51. The molecule has 1 N–H and O–H groups in total. The molecule has 1 atom stereocenters. The van der Waals surface area contributed by atoms with E-state index in [0.717, 1.165) is 9.87 Å². The van der Waals surface area contributed by atoms with Gasteiger partial charge in [-0.1, -0.05) is 60.1 Å². The summed E-state index contributed by atoms with van der Waals surface area (Å²) >= 11 is 6.47. The largest absolute Gasteiger partial charge is 0.486 e. The first-order chi connectivity index (χ1) is 19.7. The number of sulfonamides is 1. The predicted octanol–water partition coefficient (Wildman–Crippen LogP) is 4.04. The molecule has 41 heavy (non-hydrogen) atoms. The van der Waals surface area contributed by atoms with Gasteiger partial charge in [-0.15, -0.1) is 0 Å². The van der Waals surface area contributed by atoms with Crippen LogP contribution in [0.15, 0.2) is 72.8 Å². The average molecular weight is 600 g/mol. The summed E-state index contributed by atoms with van der Waals surface area (Å²) in [7, 11) is -3.90. The van der Waals surface area contributed by atoms with Gasteiger partial charge in [0.2, 0.25) is 21.8 Å². The summed E-state index contributed by atoms with van der Waals surface area (Å²) in [5.41, 5.74) is 1.75. The molecule has 0 fully saturated rings. The number of hydrogen-bond acceptors (Lipinski definition) is 6. The van der Waals surface area contributed by atoms with Crippen molar-refractivity contribution in [2.24, 2.45) is 0 Å². The number of rotatable bonds is 12. The molecule has 1 aliphatic rings. The van der Waals surface area contributed by atoms with E-state index in [1.807, 2.05) is 30.3 Å². The van der Waals surface area contributed by atoms with Crippen LogP contribution < -0.4 is 19.1 Å². The maximum atomic E-state index is 14.2. The first-order valence-electron chi connectivity index (χ1n) is 13.5. The van der Waals surface area contributed by atoms with Gasteiger partial charge in [0.15, 0.2) is 11.5 Å². The van der Waals surface area contributed by atoms with Crippen molar-refractivity contribution in [1.29, 1.82) is 0 Å². The lowest BCUT2D eigenvalue weighted by atomic mass is 10.0. The molecule has 0 bridgehead atoms. The van der Waals surface area contributed by atoms with E-state index in [0.29, 0.717) is 41.8 Å². The second-order valence-electron chi connectivity index (χ2n) is 9.45. The smallest absolute Gasteiger partial charge is 0.244 e. The second-order valence-corrected chi connectivity index (χ2v) is 12.0. The van der Waals surface area contributed by atoms with Crippen LogP contribution >= 0.6 is 11.6 Å². The molecule has 0 radical (unpaired) electrons. The lowest BCUT2D eigenvalue weighted by Gasteiger charge is -2.34. The first kappa shape index (κ1) is 30.2. The average Bonchev–Trinajstić information content (AvgIpc) is 2.98. The number of hydrogen-bond donors (Lipinski definition) is 1. The Labute approximate surface area is 246 Å². The van der Waals surface area contributed by atoms with Gasteiger partial charge in [0.05, 0.1) is 11.4 Å². The van der Waals surface area contributed by atoms with Crippen molar-refractivity contribution in [3.05, 3.63) is 88.9 Å². The minimum absolute atomic E-state index is 0.00823. The molecule has 9 nitrogen and oxygen atoms in total. The van der Waals surface area contributed by atoms with Crippen LogP contribution in [0.2, 0.25) is 5.02 Å². The quantitative estimate of drug-likeness (QED) is 0.337. The highest BCUT2D eigenvalue weighted by atomic mass is 35.5. The molecule has 4 rings (SSSR count). The van der Waals surface area contributed by atoms with Crippen molar-refractivity contribution in [1.82, 2.24) is 10.2 Å². The molecule has 0 spiro atoms. The summed E-state index contributed by atoms with van der Waals surface area (Å²) in [4.78, 5) is 29.0. The Kier molecular flexibility index (Phi) is 10.1. The van der Waals surface area contributed by atoms with Crippen LogP contribution in [0.25, 0.3) is 0 Å². The van der Waals surface area contributed by atoms with E-state index in [9.17, 15) is 18.0 Å². The normalized spacial score (nSPS) is 13.2. The molecule has 0 aromatic heterocycles. The zero-order chi connectivity index (χ0) is 29.4. The number of carbonyl (C=O) groups is 2. The zero-order valence-electron chi connectivity index (χ0n) is 23.1. The fourth-order valence-corrected chi connectivity index (χ4v) is 5.81. The van der Waals surface area contributed by atoms with Crippen LogP contribution in [0.5, 0.6) is 11.5 Å². The lowest BCUT2D eigenvalue weighted by molar-refractivity contribution is -0.140. The number of benzene rings is 3. The molecule has 0 aliphatic carbocycles. The summed E-state index contributed by atoms with van der Waals surface area (Å²) in [6.45, 7) is 3.89. The van der Waals surface area contributed by atoms with Gasteiger partial charge in [-0.2, -0.15) is 0 Å². The van der Waals surface area contributed by atoms with E-state index in [1.165, 1.54) is 11.8 Å². The SMILES string of the molecule is CCNC(=O)[C@@H](Cc1ccccc1)N(Cc1ccccc1Cl)C(=O)CN(c1ccc2c(c1)OCCO2)S(=O)(=O)CC. The highest BCUT2D eigenvalue weighted by molar-refractivity contribution is 7.92. The Morgan fingerprint density at radius 2 is 1.63 bits per heavy atom. The molecule has 0 saturated carbocycles. The van der Waals surface area contributed by atoms with Crippen molar-refractivity contribution in [3.8, 4) is 11.5 Å². The van der Waals surface area contributed by atoms with E-state index in [2.05, 4.69) is 5.32 Å². The third-order valence-corrected chi connectivity index (χ3v) is 8.82. The highest BCUT2D eigenvalue weighted by Gasteiger charge is 2.34. The van der Waals surface area contributed by atoms with E-state index < -0.39 is 28.5 Å². The van der Waals surface area contributed by atoms with E-state index >= 15 is 0 Å². The second kappa shape index (κ2) is 13.7. The fraction of sp³-hybridized carbons (Fsp3) is 0.333. The van der Waals surface area contributed by atoms with Crippen molar-refractivity contribution in [3.63, 3.8) is 0 Å².